The fourth-order valence-electron chi connectivity index (χ4n) is 4.32. The van der Waals surface area contributed by atoms with Crippen molar-refractivity contribution in [3.63, 3.8) is 0 Å². The van der Waals surface area contributed by atoms with E-state index >= 15 is 0 Å². The first-order valence-corrected chi connectivity index (χ1v) is 10.0. The van der Waals surface area contributed by atoms with Crippen LogP contribution in [0.5, 0.6) is 0 Å². The van der Waals surface area contributed by atoms with E-state index < -0.39 is 18.0 Å². The van der Waals surface area contributed by atoms with Crippen molar-refractivity contribution in [3.8, 4) is 0 Å². The molecular weight excluding hydrogens is 412 g/mol. The summed E-state index contributed by atoms with van der Waals surface area (Å²) < 4.78 is 2.74. The number of rotatable bonds is 6. The van der Waals surface area contributed by atoms with Crippen molar-refractivity contribution in [1.82, 2.24) is 9.47 Å². The van der Waals surface area contributed by atoms with E-state index in [9.17, 15) is 14.7 Å². The van der Waals surface area contributed by atoms with E-state index in [4.69, 9.17) is 5.11 Å². The molecule has 1 saturated heterocycles. The Hall–Kier alpha value is -1.86. The zero-order valence-electron chi connectivity index (χ0n) is 15.6. The molecular formula is C20H25BrN2O4. The first kappa shape index (κ1) is 19.9. The number of halogens is 1. The Balaban J connectivity index is 2.06. The highest BCUT2D eigenvalue weighted by molar-refractivity contribution is 9.10. The highest BCUT2D eigenvalue weighted by Crippen LogP contribution is 2.35. The van der Waals surface area contributed by atoms with E-state index in [0.717, 1.165) is 40.4 Å². The second kappa shape index (κ2) is 8.02. The van der Waals surface area contributed by atoms with E-state index in [2.05, 4.69) is 34.7 Å². The Morgan fingerprint density at radius 3 is 2.48 bits per heavy atom. The molecule has 2 heterocycles. The van der Waals surface area contributed by atoms with Crippen LogP contribution in [0.3, 0.4) is 0 Å². The third kappa shape index (κ3) is 4.35. The molecule has 1 aromatic heterocycles. The lowest BCUT2D eigenvalue weighted by molar-refractivity contribution is -0.144. The van der Waals surface area contributed by atoms with Gasteiger partial charge in [0.15, 0.2) is 0 Å². The number of benzene rings is 1. The molecule has 0 aliphatic carbocycles. The number of carbonyl (C=O) groups is 2. The number of nitrogens with zero attached hydrogens (tertiary/aromatic N) is 2. The highest BCUT2D eigenvalue weighted by atomic mass is 79.9. The fraction of sp³-hybridized carbons (Fsp3) is 0.500. The van der Waals surface area contributed by atoms with Gasteiger partial charge in [0.2, 0.25) is 0 Å². The summed E-state index contributed by atoms with van der Waals surface area (Å²) in [6, 6.07) is 5.00. The molecule has 1 aliphatic rings. The number of piperidine rings is 1. The van der Waals surface area contributed by atoms with Gasteiger partial charge in [-0.15, -0.1) is 0 Å². The molecule has 0 spiro atoms. The average molecular weight is 437 g/mol. The zero-order valence-corrected chi connectivity index (χ0v) is 17.1. The molecule has 0 bridgehead atoms. The summed E-state index contributed by atoms with van der Waals surface area (Å²) in [6.45, 7) is 6.13. The number of hydrogen-bond acceptors (Lipinski definition) is 3. The van der Waals surface area contributed by atoms with E-state index in [0.29, 0.717) is 18.4 Å². The van der Waals surface area contributed by atoms with Gasteiger partial charge < -0.3 is 14.8 Å². The number of hydrogen-bond donors (Lipinski definition) is 2. The molecule has 0 radical (unpaired) electrons. The molecule has 3 rings (SSSR count). The zero-order chi connectivity index (χ0) is 19.7. The summed E-state index contributed by atoms with van der Waals surface area (Å²) in [7, 11) is 0. The van der Waals surface area contributed by atoms with E-state index in [1.54, 1.807) is 0 Å². The highest BCUT2D eigenvalue weighted by Gasteiger charge is 2.34. The number of aryl methyl sites for hydroxylation is 1. The minimum Gasteiger partial charge on any atom is -0.481 e. The molecule has 2 N–H and O–H groups in total. The van der Waals surface area contributed by atoms with Crippen LogP contribution in [-0.4, -0.2) is 44.7 Å². The minimum absolute atomic E-state index is 0.00868. The predicted molar refractivity (Wildman–Crippen MR) is 107 cm³/mol. The summed E-state index contributed by atoms with van der Waals surface area (Å²) in [5.74, 6) is -0.839. The van der Waals surface area contributed by atoms with E-state index in [1.165, 1.54) is 0 Å². The number of fused-ring (bicyclic) bond motifs is 1. The molecule has 1 aliphatic heterocycles. The van der Waals surface area contributed by atoms with Gasteiger partial charge in [-0.25, -0.2) is 0 Å². The van der Waals surface area contributed by atoms with Gasteiger partial charge in [0, 0.05) is 46.8 Å². The first-order valence-electron chi connectivity index (χ1n) is 9.23. The van der Waals surface area contributed by atoms with Crippen LogP contribution in [0.1, 0.15) is 38.3 Å². The van der Waals surface area contributed by atoms with Crippen LogP contribution >= 0.6 is 15.9 Å². The second-order valence-corrected chi connectivity index (χ2v) is 8.64. The van der Waals surface area contributed by atoms with E-state index in [-0.39, 0.29) is 6.42 Å². The number of carboxylic acids is 2. The Kier molecular flexibility index (Phi) is 5.91. The van der Waals surface area contributed by atoms with Crippen LogP contribution in [0.15, 0.2) is 28.9 Å². The second-order valence-electron chi connectivity index (χ2n) is 7.72. The number of aromatic nitrogens is 1. The molecule has 3 atom stereocenters. The largest absolute Gasteiger partial charge is 0.481 e. The van der Waals surface area contributed by atoms with Crippen LogP contribution < -0.4 is 0 Å². The fourth-order valence-corrected chi connectivity index (χ4v) is 4.67. The molecule has 1 fully saturated rings. The quantitative estimate of drug-likeness (QED) is 0.715. The Labute approximate surface area is 166 Å². The third-order valence-electron chi connectivity index (χ3n) is 5.23. The topological polar surface area (TPSA) is 82.8 Å². The van der Waals surface area contributed by atoms with Gasteiger partial charge in [0.1, 0.15) is 6.04 Å². The van der Waals surface area contributed by atoms with Crippen molar-refractivity contribution in [3.05, 3.63) is 34.4 Å². The number of carboxylic acid groups (broad SMARTS) is 2. The predicted octanol–water partition coefficient (Wildman–Crippen LogP) is 3.98. The number of likely N-dealkylation sites (tertiary alicyclic amines) is 1. The smallest absolute Gasteiger partial charge is 0.325 e. The Morgan fingerprint density at radius 2 is 1.89 bits per heavy atom. The van der Waals surface area contributed by atoms with Crippen LogP contribution in [0, 0.1) is 11.8 Å². The van der Waals surface area contributed by atoms with Gasteiger partial charge in [-0.3, -0.25) is 14.5 Å². The lowest BCUT2D eigenvalue weighted by atomic mass is 9.89. The molecule has 2 aromatic rings. The minimum atomic E-state index is -0.873. The van der Waals surface area contributed by atoms with Gasteiger partial charge >= 0.3 is 11.9 Å². The first-order chi connectivity index (χ1) is 12.8. The maximum atomic E-state index is 12.2. The van der Waals surface area contributed by atoms with Crippen molar-refractivity contribution in [1.29, 1.82) is 0 Å². The molecule has 1 aromatic carbocycles. The molecule has 7 heteroatoms. The molecule has 0 unspecified atom stereocenters. The molecule has 0 amide bonds. The van der Waals surface area contributed by atoms with Crippen molar-refractivity contribution >= 4 is 38.8 Å². The SMILES string of the molecule is C[C@@H]1C[C@H](C)CN([C@@H](C(=O)O)c2cn(CCC(=O)O)c3cc(Br)ccc23)C1. The van der Waals surface area contributed by atoms with Gasteiger partial charge in [-0.2, -0.15) is 0 Å². The van der Waals surface area contributed by atoms with Crippen LogP contribution in [-0.2, 0) is 16.1 Å². The van der Waals surface area contributed by atoms with Crippen molar-refractivity contribution in [2.45, 2.75) is 39.3 Å². The van der Waals surface area contributed by atoms with Gasteiger partial charge in [0.05, 0.1) is 6.42 Å². The maximum Gasteiger partial charge on any atom is 0.325 e. The molecule has 27 heavy (non-hydrogen) atoms. The third-order valence-corrected chi connectivity index (χ3v) is 5.73. The van der Waals surface area contributed by atoms with Crippen molar-refractivity contribution in [2.75, 3.05) is 13.1 Å². The summed E-state index contributed by atoms with van der Waals surface area (Å²) >= 11 is 3.46. The van der Waals surface area contributed by atoms with Gasteiger partial charge in [0.25, 0.3) is 0 Å². The maximum absolute atomic E-state index is 12.2. The normalized spacial score (nSPS) is 22.0. The van der Waals surface area contributed by atoms with E-state index in [1.807, 2.05) is 29.0 Å². The summed E-state index contributed by atoms with van der Waals surface area (Å²) in [5.41, 5.74) is 1.58. The lowest BCUT2D eigenvalue weighted by Crippen LogP contribution is -2.43. The average Bonchev–Trinajstić information content (AvgIpc) is 2.89. The van der Waals surface area contributed by atoms with Gasteiger partial charge in [-0.05, 0) is 30.4 Å². The van der Waals surface area contributed by atoms with Crippen LogP contribution in [0.2, 0.25) is 0 Å². The lowest BCUT2D eigenvalue weighted by Gasteiger charge is -2.38. The standard InChI is InChI=1S/C20H25BrN2O4/c1-12-7-13(2)10-23(9-12)19(20(26)27)16-11-22(6-5-18(24)25)17-8-14(21)3-4-15(16)17/h3-4,8,11-13,19H,5-7,9-10H2,1-2H3,(H,24,25)(H,26,27)/t12-,13+,19-/m1/s1. The van der Waals surface area contributed by atoms with Crippen molar-refractivity contribution in [2.24, 2.45) is 11.8 Å². The van der Waals surface area contributed by atoms with Crippen LogP contribution in [0.25, 0.3) is 10.9 Å². The molecule has 146 valence electrons. The molecule has 6 nitrogen and oxygen atoms in total. The summed E-state index contributed by atoms with van der Waals surface area (Å²) in [5, 5.41) is 19.9. The van der Waals surface area contributed by atoms with Crippen LogP contribution in [0.4, 0.5) is 0 Å². The Morgan fingerprint density at radius 1 is 1.22 bits per heavy atom. The number of aliphatic carboxylic acids is 2. The van der Waals surface area contributed by atoms with Gasteiger partial charge in [-0.1, -0.05) is 35.8 Å². The summed E-state index contributed by atoms with van der Waals surface area (Å²) in [6.07, 6.45) is 2.92. The Bertz CT molecular complexity index is 853. The molecule has 0 saturated carbocycles. The van der Waals surface area contributed by atoms with Crippen molar-refractivity contribution < 1.29 is 19.8 Å². The summed E-state index contributed by atoms with van der Waals surface area (Å²) in [4.78, 5) is 25.3. The monoisotopic (exact) mass is 436 g/mol.